The van der Waals surface area contributed by atoms with Gasteiger partial charge in [-0.2, -0.15) is 4.98 Å². The van der Waals surface area contributed by atoms with Crippen molar-refractivity contribution < 1.29 is 9.53 Å². The maximum Gasteiger partial charge on any atom is 0.227 e. The molecule has 0 amide bonds. The van der Waals surface area contributed by atoms with E-state index in [1.54, 1.807) is 13.1 Å². The van der Waals surface area contributed by atoms with Crippen molar-refractivity contribution in [3.63, 3.8) is 0 Å². The Labute approximate surface area is 189 Å². The maximum absolute atomic E-state index is 11.4. The van der Waals surface area contributed by atoms with Crippen LogP contribution in [0.2, 0.25) is 5.02 Å². The first kappa shape index (κ1) is 21.9. The smallest absolute Gasteiger partial charge is 0.227 e. The summed E-state index contributed by atoms with van der Waals surface area (Å²) in [6.07, 6.45) is 6.94. The number of ether oxygens (including phenoxy) is 1. The van der Waals surface area contributed by atoms with Gasteiger partial charge in [-0.3, -0.25) is 0 Å². The predicted octanol–water partition coefficient (Wildman–Crippen LogP) is 4.86. The van der Waals surface area contributed by atoms with Crippen molar-refractivity contribution in [2.24, 2.45) is 0 Å². The normalized spacial score (nSPS) is 19.7. The fraction of sp³-hybridized carbons (Fsp3) is 0.542. The van der Waals surface area contributed by atoms with Crippen LogP contribution in [0.15, 0.2) is 30.5 Å². The molecule has 2 atom stereocenters. The second kappa shape index (κ2) is 9.43. The van der Waals surface area contributed by atoms with E-state index in [0.29, 0.717) is 17.5 Å². The number of carbonyl (C=O) groups excluding carboxylic acids is 1. The number of halogens is 1. The van der Waals surface area contributed by atoms with Gasteiger partial charge >= 0.3 is 0 Å². The fourth-order valence-corrected chi connectivity index (χ4v) is 4.52. The molecular weight excluding hydrogens is 412 g/mol. The Balaban J connectivity index is 1.38. The van der Waals surface area contributed by atoms with Gasteiger partial charge in [0.15, 0.2) is 5.82 Å². The number of benzene rings is 1. The van der Waals surface area contributed by atoms with Gasteiger partial charge in [0.2, 0.25) is 5.95 Å². The van der Waals surface area contributed by atoms with Crippen LogP contribution >= 0.6 is 11.6 Å². The van der Waals surface area contributed by atoms with Crippen molar-refractivity contribution in [3.8, 4) is 5.75 Å². The first-order chi connectivity index (χ1) is 14.9. The van der Waals surface area contributed by atoms with E-state index in [-0.39, 0.29) is 17.8 Å². The van der Waals surface area contributed by atoms with E-state index < -0.39 is 0 Å². The molecular formula is C24H31ClN4O2. The van der Waals surface area contributed by atoms with E-state index in [2.05, 4.69) is 40.9 Å². The van der Waals surface area contributed by atoms with Gasteiger partial charge in [0.25, 0.3) is 0 Å². The molecule has 2 heterocycles. The molecule has 0 spiro atoms. The highest BCUT2D eigenvalue weighted by atomic mass is 35.5. The summed E-state index contributed by atoms with van der Waals surface area (Å²) >= 11 is 6.45. The first-order valence-corrected chi connectivity index (χ1v) is 11.5. The Morgan fingerprint density at radius 1 is 1.29 bits per heavy atom. The van der Waals surface area contributed by atoms with Gasteiger partial charge in [0.05, 0.1) is 12.7 Å². The summed E-state index contributed by atoms with van der Waals surface area (Å²) in [6.45, 7) is 5.31. The lowest BCUT2D eigenvalue weighted by molar-refractivity contribution is -0.117. The lowest BCUT2D eigenvalue weighted by atomic mass is 9.92. The molecule has 4 rings (SSSR count). The van der Waals surface area contributed by atoms with Gasteiger partial charge in [-0.25, -0.2) is 4.98 Å². The van der Waals surface area contributed by atoms with Crippen LogP contribution in [0.4, 0.5) is 11.8 Å². The molecule has 1 saturated heterocycles. The van der Waals surface area contributed by atoms with E-state index >= 15 is 0 Å². The zero-order chi connectivity index (χ0) is 22.0. The summed E-state index contributed by atoms with van der Waals surface area (Å²) in [6, 6.07) is 8.64. The standard InChI is InChI=1S/C24H31ClN4O2/c1-16(13-17(2)30)18-7-9-20(10-8-18)31-21-11-12-29(15-21)23-22(25)14-26-24(27-23)28(3)19-5-4-6-19/h7-10,14,16,19,21H,4-6,11-13,15H2,1-3H3/t16-,21-/m1/s1. The Morgan fingerprint density at radius 2 is 2.03 bits per heavy atom. The number of nitrogens with zero attached hydrogens (tertiary/aromatic N) is 4. The van der Waals surface area contributed by atoms with E-state index in [1.165, 1.54) is 19.3 Å². The molecule has 0 unspecified atom stereocenters. The summed E-state index contributed by atoms with van der Waals surface area (Å²) in [5.41, 5.74) is 1.16. The number of anilines is 2. The van der Waals surface area contributed by atoms with Crippen LogP contribution in [0, 0.1) is 0 Å². The molecule has 0 N–H and O–H groups in total. The van der Waals surface area contributed by atoms with E-state index in [9.17, 15) is 4.79 Å². The van der Waals surface area contributed by atoms with Gasteiger partial charge in [-0.15, -0.1) is 0 Å². The minimum Gasteiger partial charge on any atom is -0.489 e. The molecule has 6 nitrogen and oxygen atoms in total. The maximum atomic E-state index is 11.4. The average Bonchev–Trinajstić information content (AvgIpc) is 3.15. The number of hydrogen-bond donors (Lipinski definition) is 0. The topological polar surface area (TPSA) is 58.6 Å². The quantitative estimate of drug-likeness (QED) is 0.581. The van der Waals surface area contributed by atoms with Crippen molar-refractivity contribution in [3.05, 3.63) is 41.0 Å². The van der Waals surface area contributed by atoms with E-state index in [4.69, 9.17) is 21.3 Å². The lowest BCUT2D eigenvalue weighted by Crippen LogP contribution is -2.38. The largest absolute Gasteiger partial charge is 0.489 e. The number of rotatable bonds is 8. The minimum absolute atomic E-state index is 0.0827. The fourth-order valence-electron chi connectivity index (χ4n) is 4.31. The van der Waals surface area contributed by atoms with Crippen molar-refractivity contribution in [2.45, 2.75) is 64.0 Å². The number of carbonyl (C=O) groups is 1. The summed E-state index contributed by atoms with van der Waals surface area (Å²) in [5.74, 6) is 2.82. The number of aromatic nitrogens is 2. The molecule has 1 aliphatic carbocycles. The molecule has 1 saturated carbocycles. The summed E-state index contributed by atoms with van der Waals surface area (Å²) in [4.78, 5) is 24.9. The first-order valence-electron chi connectivity index (χ1n) is 11.2. The van der Waals surface area contributed by atoms with Crippen molar-refractivity contribution >= 4 is 29.2 Å². The van der Waals surface area contributed by atoms with Crippen LogP contribution in [-0.4, -0.2) is 48.0 Å². The van der Waals surface area contributed by atoms with E-state index in [1.807, 2.05) is 12.1 Å². The molecule has 1 aromatic heterocycles. The third kappa shape index (κ3) is 5.12. The second-order valence-electron chi connectivity index (χ2n) is 8.89. The highest BCUT2D eigenvalue weighted by molar-refractivity contribution is 6.32. The van der Waals surface area contributed by atoms with Gasteiger partial charge < -0.3 is 19.3 Å². The molecule has 2 aliphatic rings. The molecule has 2 fully saturated rings. The molecule has 166 valence electrons. The highest BCUT2D eigenvalue weighted by Crippen LogP contribution is 2.32. The molecule has 1 aliphatic heterocycles. The molecule has 31 heavy (non-hydrogen) atoms. The van der Waals surface area contributed by atoms with Gasteiger partial charge in [-0.05, 0) is 49.8 Å². The summed E-state index contributed by atoms with van der Waals surface area (Å²) in [5, 5.41) is 0.579. The monoisotopic (exact) mass is 442 g/mol. The Morgan fingerprint density at radius 3 is 2.68 bits per heavy atom. The minimum atomic E-state index is 0.0827. The number of hydrogen-bond acceptors (Lipinski definition) is 6. The van der Waals surface area contributed by atoms with Crippen LogP contribution < -0.4 is 14.5 Å². The van der Waals surface area contributed by atoms with Crippen molar-refractivity contribution in [2.75, 3.05) is 29.9 Å². The molecule has 7 heteroatoms. The van der Waals surface area contributed by atoms with Gasteiger partial charge in [0.1, 0.15) is 22.7 Å². The van der Waals surface area contributed by atoms with Crippen LogP contribution in [-0.2, 0) is 4.79 Å². The Bertz CT molecular complexity index is 916. The predicted molar refractivity (Wildman–Crippen MR) is 124 cm³/mol. The third-order valence-corrected chi connectivity index (χ3v) is 6.71. The van der Waals surface area contributed by atoms with Crippen LogP contribution in [0.3, 0.4) is 0 Å². The van der Waals surface area contributed by atoms with Crippen LogP contribution in [0.25, 0.3) is 0 Å². The Kier molecular flexibility index (Phi) is 6.65. The number of ketones is 1. The second-order valence-corrected chi connectivity index (χ2v) is 9.30. The lowest BCUT2D eigenvalue weighted by Gasteiger charge is -2.35. The molecule has 1 aromatic carbocycles. The Hall–Kier alpha value is -2.34. The molecule has 0 radical (unpaired) electrons. The van der Waals surface area contributed by atoms with Crippen molar-refractivity contribution in [1.29, 1.82) is 0 Å². The molecule has 2 aromatic rings. The summed E-state index contributed by atoms with van der Waals surface area (Å²) < 4.78 is 6.22. The molecule has 0 bridgehead atoms. The highest BCUT2D eigenvalue weighted by Gasteiger charge is 2.29. The third-order valence-electron chi connectivity index (χ3n) is 6.44. The van der Waals surface area contributed by atoms with Crippen LogP contribution in [0.1, 0.15) is 57.4 Å². The van der Waals surface area contributed by atoms with Gasteiger partial charge in [-0.1, -0.05) is 30.7 Å². The zero-order valence-electron chi connectivity index (χ0n) is 18.6. The van der Waals surface area contributed by atoms with E-state index in [0.717, 1.165) is 42.6 Å². The summed E-state index contributed by atoms with van der Waals surface area (Å²) in [7, 11) is 2.06. The number of Topliss-reactive ketones (excluding diaryl/α,β-unsaturated/α-hetero) is 1. The zero-order valence-corrected chi connectivity index (χ0v) is 19.3. The van der Waals surface area contributed by atoms with Gasteiger partial charge in [0, 0.05) is 32.5 Å². The average molecular weight is 443 g/mol. The van der Waals surface area contributed by atoms with Crippen LogP contribution in [0.5, 0.6) is 5.75 Å². The SMILES string of the molecule is CC(=O)C[C@@H](C)c1ccc(O[C@@H]2CCN(c3nc(N(C)C4CCC4)ncc3Cl)C2)cc1. The van der Waals surface area contributed by atoms with Crippen molar-refractivity contribution in [1.82, 2.24) is 9.97 Å².